The van der Waals surface area contributed by atoms with Gasteiger partial charge in [-0.2, -0.15) is 5.10 Å². The van der Waals surface area contributed by atoms with Gasteiger partial charge in [0.05, 0.1) is 13.2 Å². The number of nitrogens with zero attached hydrogens (tertiary/aromatic N) is 2. The number of carbonyl (C=O) groups is 2. The molecule has 20 heavy (non-hydrogen) atoms. The van der Waals surface area contributed by atoms with E-state index in [1.807, 2.05) is 0 Å². The normalized spacial score (nSPS) is 22.4. The van der Waals surface area contributed by atoms with Gasteiger partial charge in [-0.15, -0.1) is 0 Å². The van der Waals surface area contributed by atoms with Crippen LogP contribution in [-0.4, -0.2) is 57.9 Å². The number of carbonyl (C=O) groups excluding carboxylic acids is 1. The summed E-state index contributed by atoms with van der Waals surface area (Å²) in [6.45, 7) is 0.732. The average Bonchev–Trinajstić information content (AvgIpc) is 2.90. The van der Waals surface area contributed by atoms with Gasteiger partial charge in [-0.25, -0.2) is 4.79 Å². The van der Waals surface area contributed by atoms with E-state index in [4.69, 9.17) is 9.84 Å². The van der Waals surface area contributed by atoms with E-state index in [0.29, 0.717) is 12.2 Å². The molecule has 7 heteroatoms. The molecule has 1 aromatic heterocycles. The summed E-state index contributed by atoms with van der Waals surface area (Å²) in [5.74, 6) is -1.23. The van der Waals surface area contributed by atoms with Crippen LogP contribution in [0.2, 0.25) is 0 Å². The van der Waals surface area contributed by atoms with Crippen LogP contribution < -0.4 is 0 Å². The zero-order valence-corrected chi connectivity index (χ0v) is 11.1. The molecule has 1 aliphatic heterocycles. The van der Waals surface area contributed by atoms with E-state index in [2.05, 4.69) is 10.2 Å². The second-order valence-electron chi connectivity index (χ2n) is 5.19. The molecule has 0 radical (unpaired) electrons. The first kappa shape index (κ1) is 13.1. The van der Waals surface area contributed by atoms with Crippen molar-refractivity contribution in [3.8, 4) is 0 Å². The van der Waals surface area contributed by atoms with Crippen molar-refractivity contribution in [1.82, 2.24) is 15.1 Å². The van der Waals surface area contributed by atoms with E-state index in [9.17, 15) is 9.59 Å². The molecule has 0 saturated carbocycles. The lowest BCUT2D eigenvalue weighted by Gasteiger charge is -2.30. The fourth-order valence-electron chi connectivity index (χ4n) is 2.79. The van der Waals surface area contributed by atoms with Crippen molar-refractivity contribution in [3.63, 3.8) is 0 Å². The number of carboxylic acid groups (broad SMARTS) is 1. The topological polar surface area (TPSA) is 95.5 Å². The van der Waals surface area contributed by atoms with E-state index in [1.54, 1.807) is 0 Å². The van der Waals surface area contributed by atoms with E-state index in [0.717, 1.165) is 36.9 Å². The van der Waals surface area contributed by atoms with Crippen LogP contribution >= 0.6 is 0 Å². The summed E-state index contributed by atoms with van der Waals surface area (Å²) in [6.07, 6.45) is 3.02. The molecule has 2 N–H and O–H groups in total. The molecule has 2 heterocycles. The number of aromatic amines is 1. The first-order valence-electron chi connectivity index (χ1n) is 6.86. The maximum atomic E-state index is 12.5. The zero-order chi connectivity index (χ0) is 14.1. The van der Waals surface area contributed by atoms with Crippen molar-refractivity contribution in [3.05, 3.63) is 17.0 Å². The second kappa shape index (κ2) is 5.24. The van der Waals surface area contributed by atoms with Gasteiger partial charge < -0.3 is 14.7 Å². The van der Waals surface area contributed by atoms with Crippen LogP contribution in [0.15, 0.2) is 0 Å². The number of rotatable bonds is 2. The summed E-state index contributed by atoms with van der Waals surface area (Å²) < 4.78 is 5.13. The molecular formula is C13H17N3O4. The molecule has 0 spiro atoms. The Kier molecular flexibility index (Phi) is 3.43. The van der Waals surface area contributed by atoms with Gasteiger partial charge in [0.2, 0.25) is 0 Å². The van der Waals surface area contributed by atoms with Crippen molar-refractivity contribution < 1.29 is 19.4 Å². The third kappa shape index (κ3) is 2.29. The summed E-state index contributed by atoms with van der Waals surface area (Å²) in [4.78, 5) is 25.0. The highest BCUT2D eigenvalue weighted by Gasteiger charge is 2.32. The molecule has 0 aromatic carbocycles. The van der Waals surface area contributed by atoms with E-state index in [-0.39, 0.29) is 19.1 Å². The van der Waals surface area contributed by atoms with Gasteiger partial charge in [0.25, 0.3) is 5.91 Å². The predicted molar refractivity (Wildman–Crippen MR) is 68.5 cm³/mol. The number of hydrogen-bond donors (Lipinski definition) is 2. The smallest absolute Gasteiger partial charge is 0.334 e. The maximum absolute atomic E-state index is 12.5. The summed E-state index contributed by atoms with van der Waals surface area (Å²) in [5, 5.41) is 16.0. The Labute approximate surface area is 115 Å². The number of hydrogen-bond acceptors (Lipinski definition) is 4. The summed E-state index contributed by atoms with van der Waals surface area (Å²) >= 11 is 0. The van der Waals surface area contributed by atoms with Crippen LogP contribution in [0.1, 0.15) is 34.6 Å². The molecule has 3 rings (SSSR count). The van der Waals surface area contributed by atoms with Crippen molar-refractivity contribution >= 4 is 11.9 Å². The quantitative estimate of drug-likeness (QED) is 0.807. The number of morpholine rings is 1. The minimum absolute atomic E-state index is 0.0792. The molecular weight excluding hydrogens is 262 g/mol. The molecule has 2 aliphatic rings. The van der Waals surface area contributed by atoms with Gasteiger partial charge in [-0.3, -0.25) is 9.89 Å². The Morgan fingerprint density at radius 2 is 2.15 bits per heavy atom. The molecule has 1 aromatic rings. The van der Waals surface area contributed by atoms with Gasteiger partial charge in [0.15, 0.2) is 11.8 Å². The molecule has 1 unspecified atom stereocenters. The largest absolute Gasteiger partial charge is 0.479 e. The van der Waals surface area contributed by atoms with Gasteiger partial charge in [0, 0.05) is 17.8 Å². The Hall–Kier alpha value is -1.89. The predicted octanol–water partition coefficient (Wildman–Crippen LogP) is 0.214. The van der Waals surface area contributed by atoms with E-state index < -0.39 is 12.1 Å². The van der Waals surface area contributed by atoms with Crippen molar-refractivity contribution in [2.24, 2.45) is 0 Å². The highest BCUT2D eigenvalue weighted by atomic mass is 16.5. The Morgan fingerprint density at radius 1 is 1.35 bits per heavy atom. The molecule has 1 saturated heterocycles. The van der Waals surface area contributed by atoms with Crippen LogP contribution in [0.5, 0.6) is 0 Å². The Morgan fingerprint density at radius 3 is 2.95 bits per heavy atom. The number of H-pyrrole nitrogens is 1. The highest BCUT2D eigenvalue weighted by molar-refractivity contribution is 5.94. The molecule has 1 amide bonds. The van der Waals surface area contributed by atoms with Crippen molar-refractivity contribution in [2.45, 2.75) is 31.8 Å². The van der Waals surface area contributed by atoms with E-state index in [1.165, 1.54) is 4.90 Å². The van der Waals surface area contributed by atoms with Gasteiger partial charge in [0.1, 0.15) is 0 Å². The number of aryl methyl sites for hydroxylation is 1. The average molecular weight is 279 g/mol. The maximum Gasteiger partial charge on any atom is 0.334 e. The standard InChI is InChI=1S/C13H17N3O4/c17-12(16-5-6-20-10(7-16)13(18)19)11-8-3-1-2-4-9(8)14-15-11/h10H,1-7H2,(H,14,15)(H,18,19). The van der Waals surface area contributed by atoms with Gasteiger partial charge >= 0.3 is 5.97 Å². The Bertz CT molecular complexity index is 540. The molecule has 0 bridgehead atoms. The van der Waals surface area contributed by atoms with Crippen molar-refractivity contribution in [1.29, 1.82) is 0 Å². The van der Waals surface area contributed by atoms with Crippen LogP contribution in [0.25, 0.3) is 0 Å². The lowest BCUT2D eigenvalue weighted by atomic mass is 9.95. The fraction of sp³-hybridized carbons (Fsp3) is 0.615. The lowest BCUT2D eigenvalue weighted by Crippen LogP contribution is -2.48. The van der Waals surface area contributed by atoms with E-state index >= 15 is 0 Å². The molecule has 108 valence electrons. The number of ether oxygens (including phenoxy) is 1. The highest BCUT2D eigenvalue weighted by Crippen LogP contribution is 2.23. The number of aliphatic carboxylic acids is 1. The van der Waals surface area contributed by atoms with Crippen LogP contribution in [0.3, 0.4) is 0 Å². The SMILES string of the molecule is O=C(O)C1CN(C(=O)c2n[nH]c3c2CCCC3)CCO1. The number of amides is 1. The van der Waals surface area contributed by atoms with Gasteiger partial charge in [-0.05, 0) is 25.7 Å². The van der Waals surface area contributed by atoms with Crippen LogP contribution in [-0.2, 0) is 22.4 Å². The number of nitrogens with one attached hydrogen (secondary N) is 1. The summed E-state index contributed by atoms with van der Waals surface area (Å²) in [6, 6.07) is 0. The zero-order valence-electron chi connectivity index (χ0n) is 11.1. The first-order chi connectivity index (χ1) is 9.66. The number of fused-ring (bicyclic) bond motifs is 1. The van der Waals surface area contributed by atoms with Crippen LogP contribution in [0, 0.1) is 0 Å². The molecule has 1 aliphatic carbocycles. The lowest BCUT2D eigenvalue weighted by molar-refractivity contribution is -0.154. The summed E-state index contributed by atoms with van der Waals surface area (Å²) in [5.41, 5.74) is 2.49. The fourth-order valence-corrected chi connectivity index (χ4v) is 2.79. The van der Waals surface area contributed by atoms with Gasteiger partial charge in [-0.1, -0.05) is 0 Å². The minimum atomic E-state index is -1.04. The Balaban J connectivity index is 1.78. The van der Waals surface area contributed by atoms with Crippen LogP contribution in [0.4, 0.5) is 0 Å². The third-order valence-corrected chi connectivity index (χ3v) is 3.89. The monoisotopic (exact) mass is 279 g/mol. The molecule has 1 fully saturated rings. The second-order valence-corrected chi connectivity index (χ2v) is 5.19. The third-order valence-electron chi connectivity index (χ3n) is 3.89. The number of aromatic nitrogens is 2. The summed E-state index contributed by atoms with van der Waals surface area (Å²) in [7, 11) is 0. The van der Waals surface area contributed by atoms with Crippen molar-refractivity contribution in [2.75, 3.05) is 19.7 Å². The molecule has 7 nitrogen and oxygen atoms in total. The molecule has 1 atom stereocenters. The number of carboxylic acids is 1. The first-order valence-corrected chi connectivity index (χ1v) is 6.86. The minimum Gasteiger partial charge on any atom is -0.479 e.